The van der Waals surface area contributed by atoms with Crippen molar-refractivity contribution in [2.24, 2.45) is 0 Å². The molecule has 7 nitrogen and oxygen atoms in total. The molecule has 2 heterocycles. The molecule has 0 radical (unpaired) electrons. The molecule has 0 aliphatic carbocycles. The lowest BCUT2D eigenvalue weighted by Gasteiger charge is -2.15. The number of hydrogen-bond acceptors (Lipinski definition) is 6. The normalized spacial score (nSPS) is 13.0. The van der Waals surface area contributed by atoms with Crippen molar-refractivity contribution in [1.29, 1.82) is 5.26 Å². The molecule has 2 aromatic carbocycles. The average Bonchev–Trinajstić information content (AvgIpc) is 3.33. The first kappa shape index (κ1) is 19.4. The fourth-order valence-corrected chi connectivity index (χ4v) is 3.32. The van der Waals surface area contributed by atoms with Crippen LogP contribution in [0.15, 0.2) is 60.7 Å². The van der Waals surface area contributed by atoms with Gasteiger partial charge in [0.2, 0.25) is 0 Å². The number of carbonyl (C=O) groups is 1. The summed E-state index contributed by atoms with van der Waals surface area (Å²) in [7, 11) is 0. The standard InChI is InChI=1S/C23H21N5O2/c24-15-17-6-8-20(9-7-17)30-16-23(29)25-19-5-3-4-18(14-19)21-10-11-22(27-26-21)28-12-1-2-13-28/h3-11,14H,1-2,12-13,16H2,(H,25,29). The number of rotatable bonds is 6. The van der Waals surface area contributed by atoms with Gasteiger partial charge in [-0.15, -0.1) is 10.2 Å². The fraction of sp³-hybridized carbons (Fsp3) is 0.217. The molecule has 0 spiro atoms. The number of hydrogen-bond donors (Lipinski definition) is 1. The van der Waals surface area contributed by atoms with Gasteiger partial charge in [-0.25, -0.2) is 0 Å². The number of nitrogens with one attached hydrogen (secondary N) is 1. The third-order valence-electron chi connectivity index (χ3n) is 4.88. The highest BCUT2D eigenvalue weighted by Crippen LogP contribution is 2.23. The highest BCUT2D eigenvalue weighted by atomic mass is 16.5. The highest BCUT2D eigenvalue weighted by molar-refractivity contribution is 5.92. The van der Waals surface area contributed by atoms with E-state index in [1.165, 1.54) is 12.8 Å². The van der Waals surface area contributed by atoms with Gasteiger partial charge in [0.15, 0.2) is 12.4 Å². The summed E-state index contributed by atoms with van der Waals surface area (Å²) < 4.78 is 5.47. The van der Waals surface area contributed by atoms with Crippen LogP contribution in [-0.2, 0) is 4.79 Å². The molecule has 1 amide bonds. The maximum absolute atomic E-state index is 12.2. The van der Waals surface area contributed by atoms with Crippen LogP contribution in [0, 0.1) is 11.3 Å². The Kier molecular flexibility index (Phi) is 5.85. The molecule has 150 valence electrons. The summed E-state index contributed by atoms with van der Waals surface area (Å²) in [4.78, 5) is 14.5. The predicted molar refractivity (Wildman–Crippen MR) is 114 cm³/mol. The monoisotopic (exact) mass is 399 g/mol. The van der Waals surface area contributed by atoms with Crippen molar-refractivity contribution in [2.75, 3.05) is 29.9 Å². The molecule has 3 aromatic rings. The first-order valence-electron chi connectivity index (χ1n) is 9.83. The lowest BCUT2D eigenvalue weighted by molar-refractivity contribution is -0.118. The van der Waals surface area contributed by atoms with Gasteiger partial charge in [0.1, 0.15) is 5.75 Å². The topological polar surface area (TPSA) is 91.1 Å². The second kappa shape index (κ2) is 9.05. The van der Waals surface area contributed by atoms with Gasteiger partial charge in [-0.1, -0.05) is 12.1 Å². The SMILES string of the molecule is N#Cc1ccc(OCC(=O)Nc2cccc(-c3ccc(N4CCCC4)nn3)c2)cc1. The molecular weight excluding hydrogens is 378 g/mol. The van der Waals surface area contributed by atoms with Gasteiger partial charge >= 0.3 is 0 Å². The van der Waals surface area contributed by atoms with E-state index in [9.17, 15) is 4.79 Å². The van der Waals surface area contributed by atoms with Gasteiger partial charge in [0.25, 0.3) is 5.91 Å². The van der Waals surface area contributed by atoms with Crippen LogP contribution in [0.2, 0.25) is 0 Å². The molecule has 1 aliphatic rings. The van der Waals surface area contributed by atoms with Crippen molar-refractivity contribution in [3.8, 4) is 23.1 Å². The lowest BCUT2D eigenvalue weighted by atomic mass is 10.1. The van der Waals surface area contributed by atoms with Crippen LogP contribution >= 0.6 is 0 Å². The van der Waals surface area contributed by atoms with Gasteiger partial charge in [0.05, 0.1) is 17.3 Å². The molecule has 0 bridgehead atoms. The van der Waals surface area contributed by atoms with E-state index >= 15 is 0 Å². The second-order valence-corrected chi connectivity index (χ2v) is 7.02. The van der Waals surface area contributed by atoms with E-state index < -0.39 is 0 Å². The Morgan fingerprint density at radius 1 is 1.07 bits per heavy atom. The van der Waals surface area contributed by atoms with Crippen LogP contribution in [-0.4, -0.2) is 35.8 Å². The Hall–Kier alpha value is -3.92. The fourth-order valence-electron chi connectivity index (χ4n) is 3.32. The Labute approximate surface area is 174 Å². The molecule has 1 N–H and O–H groups in total. The van der Waals surface area contributed by atoms with E-state index in [0.29, 0.717) is 17.0 Å². The summed E-state index contributed by atoms with van der Waals surface area (Å²) in [6.07, 6.45) is 2.39. The summed E-state index contributed by atoms with van der Waals surface area (Å²) in [6, 6.07) is 20.1. The summed E-state index contributed by atoms with van der Waals surface area (Å²) >= 11 is 0. The molecule has 30 heavy (non-hydrogen) atoms. The van der Waals surface area contributed by atoms with Gasteiger partial charge in [-0.2, -0.15) is 5.26 Å². The number of nitrogens with zero attached hydrogens (tertiary/aromatic N) is 4. The van der Waals surface area contributed by atoms with Crippen molar-refractivity contribution >= 4 is 17.4 Å². The number of ether oxygens (including phenoxy) is 1. The maximum atomic E-state index is 12.2. The number of amides is 1. The van der Waals surface area contributed by atoms with Crippen LogP contribution in [0.4, 0.5) is 11.5 Å². The number of carbonyl (C=O) groups excluding carboxylic acids is 1. The van der Waals surface area contributed by atoms with Crippen LogP contribution in [0.3, 0.4) is 0 Å². The summed E-state index contributed by atoms with van der Waals surface area (Å²) in [5, 5.41) is 20.3. The summed E-state index contributed by atoms with van der Waals surface area (Å²) in [6.45, 7) is 1.93. The predicted octanol–water partition coefficient (Wildman–Crippen LogP) is 3.63. The second-order valence-electron chi connectivity index (χ2n) is 7.02. The van der Waals surface area contributed by atoms with Gasteiger partial charge in [-0.3, -0.25) is 4.79 Å². The number of benzene rings is 2. The first-order chi connectivity index (χ1) is 14.7. The van der Waals surface area contributed by atoms with Crippen LogP contribution < -0.4 is 15.0 Å². The molecule has 0 saturated carbocycles. The van der Waals surface area contributed by atoms with E-state index in [4.69, 9.17) is 10.00 Å². The van der Waals surface area contributed by atoms with Crippen molar-refractivity contribution in [1.82, 2.24) is 10.2 Å². The maximum Gasteiger partial charge on any atom is 0.262 e. The minimum absolute atomic E-state index is 0.125. The van der Waals surface area contributed by atoms with Crippen LogP contribution in [0.25, 0.3) is 11.3 Å². The quantitative estimate of drug-likeness (QED) is 0.681. The Balaban J connectivity index is 1.36. The molecule has 1 fully saturated rings. The zero-order valence-electron chi connectivity index (χ0n) is 16.4. The largest absolute Gasteiger partial charge is 0.484 e. The molecule has 0 atom stereocenters. The van der Waals surface area contributed by atoms with Crippen molar-refractivity contribution in [3.63, 3.8) is 0 Å². The van der Waals surface area contributed by atoms with E-state index in [0.717, 1.165) is 30.2 Å². The smallest absolute Gasteiger partial charge is 0.262 e. The highest BCUT2D eigenvalue weighted by Gasteiger charge is 2.14. The molecule has 0 unspecified atom stereocenters. The van der Waals surface area contributed by atoms with Crippen molar-refractivity contribution in [3.05, 3.63) is 66.2 Å². The Morgan fingerprint density at radius 3 is 2.57 bits per heavy atom. The van der Waals surface area contributed by atoms with Crippen molar-refractivity contribution < 1.29 is 9.53 Å². The zero-order chi connectivity index (χ0) is 20.8. The van der Waals surface area contributed by atoms with Crippen LogP contribution in [0.5, 0.6) is 5.75 Å². The summed E-state index contributed by atoms with van der Waals surface area (Å²) in [5.74, 6) is 1.17. The van der Waals surface area contributed by atoms with Crippen molar-refractivity contribution in [2.45, 2.75) is 12.8 Å². The molecule has 7 heteroatoms. The minimum atomic E-state index is -0.271. The van der Waals surface area contributed by atoms with E-state index in [2.05, 4.69) is 20.4 Å². The third-order valence-corrected chi connectivity index (χ3v) is 4.88. The van der Waals surface area contributed by atoms with Gasteiger partial charge in [-0.05, 0) is 61.4 Å². The van der Waals surface area contributed by atoms with Crippen LogP contribution in [0.1, 0.15) is 18.4 Å². The van der Waals surface area contributed by atoms with Gasteiger partial charge < -0.3 is 15.0 Å². The van der Waals surface area contributed by atoms with E-state index in [1.54, 1.807) is 24.3 Å². The van der Waals surface area contributed by atoms with Gasteiger partial charge in [0, 0.05) is 24.3 Å². The molecular formula is C23H21N5O2. The first-order valence-corrected chi connectivity index (χ1v) is 9.83. The minimum Gasteiger partial charge on any atom is -0.484 e. The molecule has 1 aliphatic heterocycles. The zero-order valence-corrected chi connectivity index (χ0v) is 16.4. The Morgan fingerprint density at radius 2 is 1.87 bits per heavy atom. The molecule has 4 rings (SSSR count). The third kappa shape index (κ3) is 4.73. The lowest BCUT2D eigenvalue weighted by Crippen LogP contribution is -2.20. The molecule has 1 aromatic heterocycles. The van der Waals surface area contributed by atoms with E-state index in [1.807, 2.05) is 42.5 Å². The number of anilines is 2. The van der Waals surface area contributed by atoms with E-state index in [-0.39, 0.29) is 12.5 Å². The molecule has 1 saturated heterocycles. The number of nitriles is 1. The average molecular weight is 399 g/mol. The number of aromatic nitrogens is 2. The summed E-state index contributed by atoms with van der Waals surface area (Å²) in [5.41, 5.74) is 2.83. The Bertz CT molecular complexity index is 1050.